The predicted octanol–water partition coefficient (Wildman–Crippen LogP) is 3.78. The standard InChI is InChI=1S/C22H39NO5/c1-2-28-22(27)19-15-12-13-17-23(19)21(26)20(25)16-11-9-7-5-3-4-6-8-10-14-18-24/h19,24H,2-18H2,1H3. The number of amides is 1. The third-order valence-electron chi connectivity index (χ3n) is 5.37. The van der Waals surface area contributed by atoms with Crippen molar-refractivity contribution in [2.75, 3.05) is 19.8 Å². The van der Waals surface area contributed by atoms with Crippen LogP contribution in [0.15, 0.2) is 0 Å². The van der Waals surface area contributed by atoms with Crippen LogP contribution in [0.5, 0.6) is 0 Å². The van der Waals surface area contributed by atoms with Gasteiger partial charge in [-0.3, -0.25) is 9.59 Å². The molecule has 162 valence electrons. The highest BCUT2D eigenvalue weighted by atomic mass is 16.5. The van der Waals surface area contributed by atoms with Crippen LogP contribution in [0.3, 0.4) is 0 Å². The van der Waals surface area contributed by atoms with E-state index in [0.717, 1.165) is 44.9 Å². The number of carbonyl (C=O) groups is 3. The first-order valence-electron chi connectivity index (χ1n) is 11.2. The van der Waals surface area contributed by atoms with E-state index < -0.39 is 11.9 Å². The number of hydrogen-bond donors (Lipinski definition) is 1. The monoisotopic (exact) mass is 397 g/mol. The van der Waals surface area contributed by atoms with Crippen LogP contribution in [0.2, 0.25) is 0 Å². The Morgan fingerprint density at radius 1 is 0.893 bits per heavy atom. The maximum atomic E-state index is 12.5. The Kier molecular flexibility index (Phi) is 13.6. The average molecular weight is 398 g/mol. The van der Waals surface area contributed by atoms with Crippen molar-refractivity contribution >= 4 is 17.7 Å². The number of ether oxygens (including phenoxy) is 1. The van der Waals surface area contributed by atoms with Gasteiger partial charge in [-0.25, -0.2) is 4.79 Å². The molecule has 1 atom stereocenters. The van der Waals surface area contributed by atoms with E-state index in [9.17, 15) is 14.4 Å². The number of likely N-dealkylation sites (tertiary alicyclic amines) is 1. The highest BCUT2D eigenvalue weighted by Gasteiger charge is 2.35. The Morgan fingerprint density at radius 2 is 1.46 bits per heavy atom. The molecule has 0 radical (unpaired) electrons. The minimum absolute atomic E-state index is 0.270. The minimum atomic E-state index is -0.595. The van der Waals surface area contributed by atoms with Crippen LogP contribution in [0.4, 0.5) is 0 Å². The summed E-state index contributed by atoms with van der Waals surface area (Å²) in [6.07, 6.45) is 13.4. The number of hydrogen-bond acceptors (Lipinski definition) is 5. The maximum Gasteiger partial charge on any atom is 0.328 e. The molecule has 0 aromatic carbocycles. The third kappa shape index (κ3) is 9.67. The fourth-order valence-electron chi connectivity index (χ4n) is 3.74. The van der Waals surface area contributed by atoms with Gasteiger partial charge in [0.05, 0.1) is 6.61 Å². The summed E-state index contributed by atoms with van der Waals surface area (Å²) in [5, 5.41) is 8.73. The minimum Gasteiger partial charge on any atom is -0.464 e. The molecule has 1 rings (SSSR count). The number of esters is 1. The molecule has 1 fully saturated rings. The fourth-order valence-corrected chi connectivity index (χ4v) is 3.74. The first kappa shape index (κ1) is 24.6. The molecule has 28 heavy (non-hydrogen) atoms. The van der Waals surface area contributed by atoms with E-state index in [1.807, 2.05) is 0 Å². The highest BCUT2D eigenvalue weighted by molar-refractivity contribution is 6.36. The summed E-state index contributed by atoms with van der Waals surface area (Å²) in [7, 11) is 0. The fraction of sp³-hybridized carbons (Fsp3) is 0.864. The van der Waals surface area contributed by atoms with E-state index in [1.165, 1.54) is 37.0 Å². The molecule has 1 amide bonds. The summed E-state index contributed by atoms with van der Waals surface area (Å²) in [4.78, 5) is 38.2. The molecule has 0 bridgehead atoms. The normalized spacial score (nSPS) is 16.8. The number of rotatable bonds is 15. The number of nitrogens with zero attached hydrogens (tertiary/aromatic N) is 1. The van der Waals surface area contributed by atoms with Crippen molar-refractivity contribution in [2.45, 2.75) is 103 Å². The van der Waals surface area contributed by atoms with Crippen LogP contribution in [-0.2, 0) is 19.1 Å². The van der Waals surface area contributed by atoms with Gasteiger partial charge in [0.25, 0.3) is 5.91 Å². The summed E-state index contributed by atoms with van der Waals surface area (Å²) in [5.74, 6) is -1.28. The van der Waals surface area contributed by atoms with Gasteiger partial charge in [0, 0.05) is 19.6 Å². The maximum absolute atomic E-state index is 12.5. The third-order valence-corrected chi connectivity index (χ3v) is 5.37. The first-order chi connectivity index (χ1) is 13.6. The summed E-state index contributed by atoms with van der Waals surface area (Å²) >= 11 is 0. The summed E-state index contributed by atoms with van der Waals surface area (Å²) in [6.45, 7) is 2.79. The number of Topliss-reactive ketones (excluding diaryl/α,β-unsaturated/α-hetero) is 1. The van der Waals surface area contributed by atoms with E-state index >= 15 is 0 Å². The van der Waals surface area contributed by atoms with E-state index in [0.29, 0.717) is 19.6 Å². The van der Waals surface area contributed by atoms with Crippen molar-refractivity contribution in [3.63, 3.8) is 0 Å². The van der Waals surface area contributed by atoms with Gasteiger partial charge in [0.15, 0.2) is 0 Å². The van der Waals surface area contributed by atoms with Crippen LogP contribution < -0.4 is 0 Å². The lowest BCUT2D eigenvalue weighted by Crippen LogP contribution is -2.51. The number of carbonyl (C=O) groups excluding carboxylic acids is 3. The van der Waals surface area contributed by atoms with Crippen molar-refractivity contribution in [1.82, 2.24) is 4.90 Å². The number of ketones is 1. The summed E-state index contributed by atoms with van der Waals surface area (Å²) < 4.78 is 5.06. The van der Waals surface area contributed by atoms with Gasteiger partial charge in [0.2, 0.25) is 5.78 Å². The molecule has 0 aromatic rings. The van der Waals surface area contributed by atoms with Crippen LogP contribution >= 0.6 is 0 Å². The second-order valence-corrected chi connectivity index (χ2v) is 7.69. The largest absolute Gasteiger partial charge is 0.464 e. The van der Waals surface area contributed by atoms with Crippen LogP contribution in [0.1, 0.15) is 96.8 Å². The lowest BCUT2D eigenvalue weighted by atomic mass is 10.0. The SMILES string of the molecule is CCOC(=O)C1CCCCN1C(=O)C(=O)CCCCCCCCCCCCO. The predicted molar refractivity (Wildman–Crippen MR) is 109 cm³/mol. The second kappa shape index (κ2) is 15.5. The van der Waals surface area contributed by atoms with Gasteiger partial charge in [-0.2, -0.15) is 0 Å². The Labute approximate surface area is 170 Å². The first-order valence-corrected chi connectivity index (χ1v) is 11.2. The second-order valence-electron chi connectivity index (χ2n) is 7.69. The Hall–Kier alpha value is -1.43. The van der Waals surface area contributed by atoms with Crippen LogP contribution in [0.25, 0.3) is 0 Å². The Bertz CT molecular complexity index is 466. The molecule has 1 aliphatic heterocycles. The van der Waals surface area contributed by atoms with Gasteiger partial charge in [-0.1, -0.05) is 51.4 Å². The molecule has 1 unspecified atom stereocenters. The average Bonchev–Trinajstić information content (AvgIpc) is 2.71. The molecule has 6 heteroatoms. The van der Waals surface area contributed by atoms with Crippen molar-refractivity contribution in [3.05, 3.63) is 0 Å². The number of unbranched alkanes of at least 4 members (excludes halogenated alkanes) is 9. The zero-order valence-corrected chi connectivity index (χ0v) is 17.6. The van der Waals surface area contributed by atoms with E-state index in [1.54, 1.807) is 6.92 Å². The molecule has 0 aliphatic carbocycles. The van der Waals surface area contributed by atoms with Gasteiger partial charge in [0.1, 0.15) is 6.04 Å². The molecule has 0 spiro atoms. The lowest BCUT2D eigenvalue weighted by Gasteiger charge is -2.33. The number of aliphatic hydroxyl groups is 1. The van der Waals surface area contributed by atoms with Crippen molar-refractivity contribution in [1.29, 1.82) is 0 Å². The molecular formula is C22H39NO5. The molecule has 1 heterocycles. The Morgan fingerprint density at radius 3 is 2.04 bits per heavy atom. The molecule has 1 N–H and O–H groups in total. The number of piperidine rings is 1. The zero-order chi connectivity index (χ0) is 20.6. The van der Waals surface area contributed by atoms with Gasteiger partial charge in [-0.15, -0.1) is 0 Å². The molecule has 6 nitrogen and oxygen atoms in total. The highest BCUT2D eigenvalue weighted by Crippen LogP contribution is 2.19. The Balaban J connectivity index is 2.17. The van der Waals surface area contributed by atoms with Crippen LogP contribution in [0, 0.1) is 0 Å². The van der Waals surface area contributed by atoms with Gasteiger partial charge >= 0.3 is 5.97 Å². The van der Waals surface area contributed by atoms with Crippen molar-refractivity contribution in [2.24, 2.45) is 0 Å². The quantitative estimate of drug-likeness (QED) is 0.258. The van der Waals surface area contributed by atoms with Crippen molar-refractivity contribution < 1.29 is 24.2 Å². The molecule has 0 aromatic heterocycles. The van der Waals surface area contributed by atoms with E-state index in [2.05, 4.69) is 0 Å². The van der Waals surface area contributed by atoms with Crippen LogP contribution in [-0.4, -0.2) is 53.5 Å². The summed E-state index contributed by atoms with van der Waals surface area (Å²) in [5.41, 5.74) is 0. The van der Waals surface area contributed by atoms with Gasteiger partial charge in [-0.05, 0) is 39.0 Å². The van der Waals surface area contributed by atoms with Gasteiger partial charge < -0.3 is 14.7 Å². The molecule has 0 saturated carbocycles. The van der Waals surface area contributed by atoms with Crippen molar-refractivity contribution in [3.8, 4) is 0 Å². The lowest BCUT2D eigenvalue weighted by molar-refractivity contribution is -0.158. The molecular weight excluding hydrogens is 358 g/mol. The smallest absolute Gasteiger partial charge is 0.328 e. The summed E-state index contributed by atoms with van der Waals surface area (Å²) in [6, 6.07) is -0.595. The number of aliphatic hydroxyl groups excluding tert-OH is 1. The topological polar surface area (TPSA) is 83.9 Å². The molecule has 1 aliphatic rings. The van der Waals surface area contributed by atoms with E-state index in [-0.39, 0.29) is 24.8 Å². The van der Waals surface area contributed by atoms with E-state index in [4.69, 9.17) is 9.84 Å². The zero-order valence-electron chi connectivity index (χ0n) is 17.6. The molecule has 1 saturated heterocycles.